The maximum Gasteiger partial charge on any atom is 0.244 e. The van der Waals surface area contributed by atoms with Gasteiger partial charge < -0.3 is 24.4 Å². The zero-order valence-corrected chi connectivity index (χ0v) is 23.1. The minimum absolute atomic E-state index is 0.0953. The van der Waals surface area contributed by atoms with Gasteiger partial charge in [0.1, 0.15) is 29.8 Å². The van der Waals surface area contributed by atoms with Gasteiger partial charge in [-0.05, 0) is 43.2 Å². The molecule has 2 amide bonds. The van der Waals surface area contributed by atoms with Crippen LogP contribution >= 0.6 is 0 Å². The first-order valence-electron chi connectivity index (χ1n) is 12.0. The summed E-state index contributed by atoms with van der Waals surface area (Å²) >= 11 is 0. The number of ether oxygens (including phenoxy) is 3. The molecule has 0 saturated heterocycles. The van der Waals surface area contributed by atoms with Crippen LogP contribution in [0.15, 0.2) is 42.5 Å². The van der Waals surface area contributed by atoms with Crippen molar-refractivity contribution in [3.05, 3.63) is 48.0 Å². The van der Waals surface area contributed by atoms with Crippen LogP contribution in [-0.4, -0.2) is 71.8 Å². The smallest absolute Gasteiger partial charge is 0.244 e. The zero-order valence-electron chi connectivity index (χ0n) is 22.3. The van der Waals surface area contributed by atoms with E-state index in [1.54, 1.807) is 50.4 Å². The van der Waals surface area contributed by atoms with Crippen molar-refractivity contribution in [3.8, 4) is 17.2 Å². The van der Waals surface area contributed by atoms with Crippen LogP contribution in [0, 0.1) is 0 Å². The van der Waals surface area contributed by atoms with Crippen molar-refractivity contribution in [1.82, 2.24) is 10.2 Å². The molecule has 0 aliphatic rings. The van der Waals surface area contributed by atoms with Crippen LogP contribution in [0.5, 0.6) is 17.2 Å². The van der Waals surface area contributed by atoms with Crippen LogP contribution in [0.1, 0.15) is 32.3 Å². The van der Waals surface area contributed by atoms with E-state index >= 15 is 0 Å². The number of unbranched alkanes of at least 4 members (excludes halogenated alkanes) is 1. The molecule has 204 valence electrons. The molecule has 0 saturated carbocycles. The van der Waals surface area contributed by atoms with Crippen LogP contribution in [0.3, 0.4) is 0 Å². The van der Waals surface area contributed by atoms with Gasteiger partial charge in [-0.25, -0.2) is 8.42 Å². The fourth-order valence-corrected chi connectivity index (χ4v) is 4.48. The van der Waals surface area contributed by atoms with Gasteiger partial charge in [-0.2, -0.15) is 0 Å². The summed E-state index contributed by atoms with van der Waals surface area (Å²) in [7, 11) is 0.504. The van der Waals surface area contributed by atoms with Gasteiger partial charge in [-0.15, -0.1) is 0 Å². The Kier molecular flexibility index (Phi) is 11.0. The molecule has 1 atom stereocenters. The van der Waals surface area contributed by atoms with E-state index in [1.165, 1.54) is 25.2 Å². The predicted octanol–water partition coefficient (Wildman–Crippen LogP) is 2.81. The highest BCUT2D eigenvalue weighted by atomic mass is 32.2. The van der Waals surface area contributed by atoms with Crippen LogP contribution in [-0.2, 0) is 26.2 Å². The number of anilines is 1. The van der Waals surface area contributed by atoms with E-state index in [0.29, 0.717) is 18.0 Å². The van der Waals surface area contributed by atoms with Crippen molar-refractivity contribution >= 4 is 27.5 Å². The molecule has 2 rings (SSSR count). The molecule has 0 bridgehead atoms. The lowest BCUT2D eigenvalue weighted by atomic mass is 10.1. The quantitative estimate of drug-likeness (QED) is 0.370. The molecule has 2 aromatic rings. The highest BCUT2D eigenvalue weighted by Crippen LogP contribution is 2.34. The van der Waals surface area contributed by atoms with E-state index in [9.17, 15) is 18.0 Å². The van der Waals surface area contributed by atoms with Crippen molar-refractivity contribution in [3.63, 3.8) is 0 Å². The fraction of sp³-hybridized carbons (Fsp3) is 0.462. The molecular weight excluding hydrogens is 498 g/mol. The second-order valence-electron chi connectivity index (χ2n) is 8.50. The number of carbonyl (C=O) groups excluding carboxylic acids is 2. The SMILES string of the molecule is CCCCNC(=O)C(C)N(Cc1ccc(OC)cc1)C(=O)CN(c1cc(OC)ccc1OC)S(C)(=O)=O. The predicted molar refractivity (Wildman–Crippen MR) is 143 cm³/mol. The second kappa shape index (κ2) is 13.7. The van der Waals surface area contributed by atoms with Gasteiger partial charge in [0.2, 0.25) is 21.8 Å². The highest BCUT2D eigenvalue weighted by molar-refractivity contribution is 7.92. The van der Waals surface area contributed by atoms with E-state index in [0.717, 1.165) is 29.0 Å². The number of carbonyl (C=O) groups is 2. The van der Waals surface area contributed by atoms with E-state index < -0.39 is 28.5 Å². The number of sulfonamides is 1. The molecule has 0 aliphatic carbocycles. The van der Waals surface area contributed by atoms with Crippen molar-refractivity contribution in [2.45, 2.75) is 39.3 Å². The Morgan fingerprint density at radius 3 is 2.14 bits per heavy atom. The zero-order chi connectivity index (χ0) is 27.6. The van der Waals surface area contributed by atoms with Crippen molar-refractivity contribution in [2.24, 2.45) is 0 Å². The number of amides is 2. The lowest BCUT2D eigenvalue weighted by molar-refractivity contribution is -0.139. The first kappa shape index (κ1) is 29.8. The fourth-order valence-electron chi connectivity index (χ4n) is 3.63. The molecule has 0 spiro atoms. The number of benzene rings is 2. The highest BCUT2D eigenvalue weighted by Gasteiger charge is 2.31. The average Bonchev–Trinajstić information content (AvgIpc) is 2.89. The summed E-state index contributed by atoms with van der Waals surface area (Å²) in [5.74, 6) is 0.437. The summed E-state index contributed by atoms with van der Waals surface area (Å²) in [6, 6.07) is 10.9. The van der Waals surface area contributed by atoms with Gasteiger partial charge in [-0.1, -0.05) is 25.5 Å². The maximum absolute atomic E-state index is 13.7. The minimum atomic E-state index is -3.92. The third-order valence-corrected chi connectivity index (χ3v) is 6.97. The van der Waals surface area contributed by atoms with Crippen LogP contribution in [0.4, 0.5) is 5.69 Å². The maximum atomic E-state index is 13.7. The molecule has 0 radical (unpaired) electrons. The van der Waals surface area contributed by atoms with E-state index in [1.807, 2.05) is 6.92 Å². The van der Waals surface area contributed by atoms with E-state index in [4.69, 9.17) is 14.2 Å². The normalized spacial score (nSPS) is 11.8. The van der Waals surface area contributed by atoms with Crippen LogP contribution in [0.25, 0.3) is 0 Å². The Hall–Kier alpha value is -3.47. The Morgan fingerprint density at radius 1 is 0.973 bits per heavy atom. The van der Waals surface area contributed by atoms with Gasteiger partial charge in [0.15, 0.2) is 0 Å². The number of nitrogens with one attached hydrogen (secondary N) is 1. The molecule has 0 aromatic heterocycles. The number of hydrogen-bond donors (Lipinski definition) is 1. The summed E-state index contributed by atoms with van der Waals surface area (Å²) in [4.78, 5) is 27.9. The number of hydrogen-bond acceptors (Lipinski definition) is 7. The Bertz CT molecular complexity index is 1150. The van der Waals surface area contributed by atoms with E-state index in [2.05, 4.69) is 5.32 Å². The topological polar surface area (TPSA) is 114 Å². The number of methoxy groups -OCH3 is 3. The second-order valence-corrected chi connectivity index (χ2v) is 10.4. The van der Waals surface area contributed by atoms with Crippen molar-refractivity contribution in [1.29, 1.82) is 0 Å². The van der Waals surface area contributed by atoms with Gasteiger partial charge in [0, 0.05) is 19.2 Å². The Morgan fingerprint density at radius 2 is 1.59 bits per heavy atom. The summed E-state index contributed by atoms with van der Waals surface area (Å²) in [5, 5.41) is 2.85. The largest absolute Gasteiger partial charge is 0.497 e. The van der Waals surface area contributed by atoms with Gasteiger partial charge in [0.05, 0.1) is 33.3 Å². The van der Waals surface area contributed by atoms with Gasteiger partial charge >= 0.3 is 0 Å². The lowest BCUT2D eigenvalue weighted by Crippen LogP contribution is -2.51. The summed E-state index contributed by atoms with van der Waals surface area (Å²) in [5.41, 5.74) is 0.911. The molecule has 11 heteroatoms. The standard InChI is InChI=1S/C26H37N3O7S/c1-7-8-15-27-26(31)19(2)28(17-20-9-11-21(34-3)12-10-20)25(30)18-29(37(6,32)33)23-16-22(35-4)13-14-24(23)36-5/h9-14,16,19H,7-8,15,17-18H2,1-6H3,(H,27,31). The van der Waals surface area contributed by atoms with Crippen LogP contribution < -0.4 is 23.8 Å². The average molecular weight is 536 g/mol. The third-order valence-electron chi connectivity index (χ3n) is 5.84. The molecule has 37 heavy (non-hydrogen) atoms. The molecular formula is C26H37N3O7S. The molecule has 0 heterocycles. The molecule has 0 aliphatic heterocycles. The first-order valence-corrected chi connectivity index (χ1v) is 13.8. The van der Waals surface area contributed by atoms with Crippen LogP contribution in [0.2, 0.25) is 0 Å². The summed E-state index contributed by atoms with van der Waals surface area (Å²) < 4.78 is 42.4. The molecule has 1 N–H and O–H groups in total. The molecule has 0 fully saturated rings. The number of rotatable bonds is 14. The molecule has 2 aromatic carbocycles. The van der Waals surface area contributed by atoms with Gasteiger partial charge in [0.25, 0.3) is 0 Å². The summed E-state index contributed by atoms with van der Waals surface area (Å²) in [6.45, 7) is 3.69. The van der Waals surface area contributed by atoms with E-state index in [-0.39, 0.29) is 23.9 Å². The third kappa shape index (κ3) is 8.28. The monoisotopic (exact) mass is 535 g/mol. The first-order chi connectivity index (χ1) is 17.5. The minimum Gasteiger partial charge on any atom is -0.497 e. The lowest BCUT2D eigenvalue weighted by Gasteiger charge is -2.32. The summed E-state index contributed by atoms with van der Waals surface area (Å²) in [6.07, 6.45) is 2.73. The molecule has 1 unspecified atom stereocenters. The van der Waals surface area contributed by atoms with Gasteiger partial charge in [-0.3, -0.25) is 13.9 Å². The Labute approximate surface area is 219 Å². The van der Waals surface area contributed by atoms with Crippen molar-refractivity contribution < 1.29 is 32.2 Å². The number of nitrogens with zero attached hydrogens (tertiary/aromatic N) is 2. The molecule has 10 nitrogen and oxygen atoms in total. The Balaban J connectivity index is 2.44. The van der Waals surface area contributed by atoms with Crippen molar-refractivity contribution in [2.75, 3.05) is 45.0 Å².